The lowest BCUT2D eigenvalue weighted by Gasteiger charge is -2.28. The number of thiazole rings is 1. The van der Waals surface area contributed by atoms with E-state index in [0.717, 1.165) is 11.0 Å². The Morgan fingerprint density at radius 3 is 2.84 bits per heavy atom. The van der Waals surface area contributed by atoms with E-state index in [1.54, 1.807) is 5.38 Å². The molecule has 5 nitrogen and oxygen atoms in total. The van der Waals surface area contributed by atoms with Gasteiger partial charge in [-0.1, -0.05) is 13.3 Å². The van der Waals surface area contributed by atoms with Crippen LogP contribution in [0.15, 0.2) is 5.38 Å². The van der Waals surface area contributed by atoms with Gasteiger partial charge in [-0.15, -0.1) is 11.3 Å². The van der Waals surface area contributed by atoms with E-state index in [1.165, 1.54) is 43.4 Å². The molecule has 1 unspecified atom stereocenters. The number of hydrogen-bond donors (Lipinski definition) is 3. The van der Waals surface area contributed by atoms with Crippen LogP contribution >= 0.6 is 11.3 Å². The molecule has 0 bridgehead atoms. The number of carbonyl (C=O) groups is 1. The summed E-state index contributed by atoms with van der Waals surface area (Å²) in [5.74, 6) is -0.175. The maximum atomic E-state index is 10.8. The predicted molar refractivity (Wildman–Crippen MR) is 76.3 cm³/mol. The Balaban J connectivity index is 1.88. The Morgan fingerprint density at radius 1 is 1.58 bits per heavy atom. The van der Waals surface area contributed by atoms with Crippen LogP contribution in [0.5, 0.6) is 0 Å². The smallest absolute Gasteiger partial charge is 0.326 e. The molecule has 0 spiro atoms. The predicted octanol–water partition coefficient (Wildman–Crippen LogP) is 2.61. The van der Waals surface area contributed by atoms with E-state index in [4.69, 9.17) is 10.8 Å². The normalized spacial score (nSPS) is 24.9. The molecule has 1 aromatic heterocycles. The van der Waals surface area contributed by atoms with Crippen molar-refractivity contribution in [2.75, 3.05) is 5.32 Å². The first kappa shape index (κ1) is 14.3. The maximum absolute atomic E-state index is 10.8. The van der Waals surface area contributed by atoms with Gasteiger partial charge in [0.05, 0.1) is 5.69 Å². The van der Waals surface area contributed by atoms with Crippen molar-refractivity contribution in [3.8, 4) is 0 Å². The zero-order chi connectivity index (χ0) is 13.8. The van der Waals surface area contributed by atoms with E-state index in [0.29, 0.717) is 11.7 Å². The summed E-state index contributed by atoms with van der Waals surface area (Å²) < 4.78 is 0. The second kappa shape index (κ2) is 6.34. The first-order valence-electron chi connectivity index (χ1n) is 6.80. The third-order valence-electron chi connectivity index (χ3n) is 3.86. The van der Waals surface area contributed by atoms with E-state index >= 15 is 0 Å². The molecule has 1 atom stereocenters. The fourth-order valence-electron chi connectivity index (χ4n) is 2.51. The van der Waals surface area contributed by atoms with Crippen LogP contribution in [0, 0.1) is 5.92 Å². The number of rotatable bonds is 5. The lowest BCUT2D eigenvalue weighted by atomic mass is 9.85. The summed E-state index contributed by atoms with van der Waals surface area (Å²) in [6.07, 6.45) is 6.13. The summed E-state index contributed by atoms with van der Waals surface area (Å²) in [4.78, 5) is 15.1. The fraction of sp³-hybridized carbons (Fsp3) is 0.692. The van der Waals surface area contributed by atoms with Gasteiger partial charge >= 0.3 is 5.97 Å². The van der Waals surface area contributed by atoms with Crippen molar-refractivity contribution >= 4 is 22.4 Å². The molecule has 4 N–H and O–H groups in total. The van der Waals surface area contributed by atoms with Crippen LogP contribution in [0.3, 0.4) is 0 Å². The molecule has 0 aliphatic heterocycles. The van der Waals surface area contributed by atoms with E-state index in [1.807, 2.05) is 0 Å². The second-order valence-corrected chi connectivity index (χ2v) is 6.02. The molecular weight excluding hydrogens is 262 g/mol. The third-order valence-corrected chi connectivity index (χ3v) is 4.65. The molecule has 0 radical (unpaired) electrons. The number of hydrogen-bond acceptors (Lipinski definition) is 5. The number of nitrogens with one attached hydrogen (secondary N) is 1. The Kier molecular flexibility index (Phi) is 4.76. The van der Waals surface area contributed by atoms with E-state index < -0.39 is 12.0 Å². The number of nitrogens with zero attached hydrogens (tertiary/aromatic N) is 1. The number of carboxylic acid groups (broad SMARTS) is 1. The van der Waals surface area contributed by atoms with Gasteiger partial charge in [0.25, 0.3) is 0 Å². The largest absolute Gasteiger partial charge is 0.480 e. The topological polar surface area (TPSA) is 88.2 Å². The lowest BCUT2D eigenvalue weighted by molar-refractivity contribution is -0.138. The van der Waals surface area contributed by atoms with Crippen LogP contribution in [-0.2, 0) is 4.79 Å². The number of aromatic nitrogens is 1. The highest BCUT2D eigenvalue weighted by Crippen LogP contribution is 2.29. The molecular formula is C13H21N3O2S. The summed E-state index contributed by atoms with van der Waals surface area (Å²) in [5, 5.41) is 14.7. The standard InChI is InChI=1S/C13H21N3O2S/c1-2-8-3-5-9(6-4-8)15-13-16-10(7-19-13)11(14)12(17)18/h7-9,11H,2-6,14H2,1H3,(H,15,16)(H,17,18). The van der Waals surface area contributed by atoms with Crippen LogP contribution in [0.25, 0.3) is 0 Å². The molecule has 1 aliphatic carbocycles. The minimum absolute atomic E-state index is 0.433. The first-order chi connectivity index (χ1) is 9.10. The highest BCUT2D eigenvalue weighted by Gasteiger charge is 2.22. The third kappa shape index (κ3) is 3.67. The Bertz CT molecular complexity index is 427. The van der Waals surface area contributed by atoms with Crippen molar-refractivity contribution in [3.05, 3.63) is 11.1 Å². The molecule has 1 aromatic rings. The molecule has 0 saturated heterocycles. The number of carboxylic acids is 1. The van der Waals surface area contributed by atoms with Crippen LogP contribution < -0.4 is 11.1 Å². The minimum atomic E-state index is -1.04. The van der Waals surface area contributed by atoms with Gasteiger partial charge < -0.3 is 16.2 Å². The van der Waals surface area contributed by atoms with E-state index in [-0.39, 0.29) is 0 Å². The van der Waals surface area contributed by atoms with Crippen molar-refractivity contribution in [1.82, 2.24) is 4.98 Å². The summed E-state index contributed by atoms with van der Waals surface area (Å²) in [5.41, 5.74) is 5.97. The quantitative estimate of drug-likeness (QED) is 0.773. The maximum Gasteiger partial charge on any atom is 0.326 e. The SMILES string of the molecule is CCC1CCC(Nc2nc(C(N)C(=O)O)cs2)CC1. The summed E-state index contributed by atoms with van der Waals surface area (Å²) in [7, 11) is 0. The van der Waals surface area contributed by atoms with Gasteiger partial charge in [0.2, 0.25) is 0 Å². The van der Waals surface area contributed by atoms with Crippen molar-refractivity contribution in [2.45, 2.75) is 51.1 Å². The van der Waals surface area contributed by atoms with Crippen LogP contribution in [-0.4, -0.2) is 22.1 Å². The average Bonchev–Trinajstić information content (AvgIpc) is 2.87. The minimum Gasteiger partial charge on any atom is -0.480 e. The molecule has 1 fully saturated rings. The molecule has 1 aliphatic rings. The molecule has 0 aromatic carbocycles. The van der Waals surface area contributed by atoms with Crippen LogP contribution in [0.4, 0.5) is 5.13 Å². The summed E-state index contributed by atoms with van der Waals surface area (Å²) >= 11 is 1.43. The zero-order valence-corrected chi connectivity index (χ0v) is 11.9. The van der Waals surface area contributed by atoms with Gasteiger partial charge in [0.15, 0.2) is 5.13 Å². The molecule has 19 heavy (non-hydrogen) atoms. The lowest BCUT2D eigenvalue weighted by Crippen LogP contribution is -2.26. The highest BCUT2D eigenvalue weighted by molar-refractivity contribution is 7.13. The van der Waals surface area contributed by atoms with Crippen molar-refractivity contribution in [1.29, 1.82) is 0 Å². The molecule has 2 rings (SSSR count). The Labute approximate surface area is 117 Å². The monoisotopic (exact) mass is 283 g/mol. The second-order valence-electron chi connectivity index (χ2n) is 5.16. The Hall–Kier alpha value is -1.14. The average molecular weight is 283 g/mol. The van der Waals surface area contributed by atoms with E-state index in [9.17, 15) is 4.79 Å². The summed E-state index contributed by atoms with van der Waals surface area (Å²) in [6, 6.07) is -0.564. The zero-order valence-electron chi connectivity index (χ0n) is 11.1. The molecule has 6 heteroatoms. The van der Waals surface area contributed by atoms with Gasteiger partial charge in [-0.2, -0.15) is 0 Å². The van der Waals surface area contributed by atoms with Crippen molar-refractivity contribution in [2.24, 2.45) is 11.7 Å². The van der Waals surface area contributed by atoms with Gasteiger partial charge in [0.1, 0.15) is 6.04 Å². The van der Waals surface area contributed by atoms with Gasteiger partial charge in [-0.3, -0.25) is 4.79 Å². The fourth-order valence-corrected chi connectivity index (χ4v) is 3.34. The van der Waals surface area contributed by atoms with E-state index in [2.05, 4.69) is 17.2 Å². The highest BCUT2D eigenvalue weighted by atomic mass is 32.1. The number of anilines is 1. The van der Waals surface area contributed by atoms with Crippen molar-refractivity contribution < 1.29 is 9.90 Å². The number of nitrogens with two attached hydrogens (primary N) is 1. The summed E-state index contributed by atoms with van der Waals surface area (Å²) in [6.45, 7) is 2.25. The molecule has 106 valence electrons. The molecule has 1 saturated carbocycles. The van der Waals surface area contributed by atoms with Gasteiger partial charge in [0, 0.05) is 11.4 Å². The Morgan fingerprint density at radius 2 is 2.26 bits per heavy atom. The van der Waals surface area contributed by atoms with Gasteiger partial charge in [-0.25, -0.2) is 4.98 Å². The first-order valence-corrected chi connectivity index (χ1v) is 7.68. The van der Waals surface area contributed by atoms with Gasteiger partial charge in [-0.05, 0) is 31.6 Å². The van der Waals surface area contributed by atoms with Crippen LogP contribution in [0.1, 0.15) is 50.8 Å². The van der Waals surface area contributed by atoms with Crippen LogP contribution in [0.2, 0.25) is 0 Å². The molecule has 0 amide bonds. The number of aliphatic carboxylic acids is 1. The van der Waals surface area contributed by atoms with Crippen molar-refractivity contribution in [3.63, 3.8) is 0 Å². The molecule has 1 heterocycles.